The van der Waals surface area contributed by atoms with Gasteiger partial charge in [0, 0.05) is 23.5 Å². The lowest BCUT2D eigenvalue weighted by Crippen LogP contribution is -2.17. The number of hydrogen-bond acceptors (Lipinski definition) is 5. The molecule has 2 heterocycles. The van der Waals surface area contributed by atoms with E-state index in [4.69, 9.17) is 9.68 Å². The minimum absolute atomic E-state index is 0.338. The number of aromatic nitrogens is 1. The Kier molecular flexibility index (Phi) is 4.45. The van der Waals surface area contributed by atoms with E-state index in [1.807, 2.05) is 12.1 Å². The summed E-state index contributed by atoms with van der Waals surface area (Å²) in [6.45, 7) is 0. The van der Waals surface area contributed by atoms with Crippen LogP contribution < -0.4 is 5.43 Å². The molecular formula is C18H12N4O2. The maximum atomic E-state index is 11.8. The van der Waals surface area contributed by atoms with Gasteiger partial charge >= 0.3 is 0 Å². The van der Waals surface area contributed by atoms with Crippen LogP contribution in [0.5, 0.6) is 0 Å². The van der Waals surface area contributed by atoms with Gasteiger partial charge in [0.2, 0.25) is 0 Å². The van der Waals surface area contributed by atoms with Crippen molar-refractivity contribution in [2.75, 3.05) is 0 Å². The molecule has 6 heteroatoms. The van der Waals surface area contributed by atoms with Crippen LogP contribution in [-0.4, -0.2) is 17.1 Å². The Morgan fingerprint density at radius 3 is 2.75 bits per heavy atom. The maximum Gasteiger partial charge on any atom is 0.271 e. The van der Waals surface area contributed by atoms with Crippen molar-refractivity contribution >= 4 is 12.1 Å². The third-order valence-corrected chi connectivity index (χ3v) is 3.24. The van der Waals surface area contributed by atoms with Crippen molar-refractivity contribution in [1.82, 2.24) is 10.4 Å². The Labute approximate surface area is 138 Å². The number of amides is 1. The van der Waals surface area contributed by atoms with Crippen molar-refractivity contribution in [3.63, 3.8) is 0 Å². The number of furan rings is 1. The number of hydrogen-bond donors (Lipinski definition) is 1. The molecule has 116 valence electrons. The quantitative estimate of drug-likeness (QED) is 0.591. The van der Waals surface area contributed by atoms with Crippen LogP contribution in [-0.2, 0) is 0 Å². The highest BCUT2D eigenvalue weighted by Gasteiger charge is 2.08. The molecule has 0 radical (unpaired) electrons. The molecule has 0 unspecified atom stereocenters. The molecule has 3 aromatic rings. The van der Waals surface area contributed by atoms with E-state index in [1.165, 1.54) is 18.6 Å². The first-order valence-electron chi connectivity index (χ1n) is 7.10. The van der Waals surface area contributed by atoms with Gasteiger partial charge in [-0.05, 0) is 36.4 Å². The molecule has 24 heavy (non-hydrogen) atoms. The Bertz CT molecular complexity index is 923. The topological polar surface area (TPSA) is 91.3 Å². The molecule has 0 aliphatic carbocycles. The van der Waals surface area contributed by atoms with E-state index in [0.717, 1.165) is 0 Å². The Morgan fingerprint density at radius 1 is 1.17 bits per heavy atom. The van der Waals surface area contributed by atoms with Gasteiger partial charge in [0.05, 0.1) is 17.8 Å². The fraction of sp³-hybridized carbons (Fsp3) is 0. The van der Waals surface area contributed by atoms with Gasteiger partial charge in [-0.2, -0.15) is 10.4 Å². The van der Waals surface area contributed by atoms with Crippen LogP contribution in [0.25, 0.3) is 11.3 Å². The van der Waals surface area contributed by atoms with Gasteiger partial charge in [-0.15, -0.1) is 0 Å². The fourth-order valence-electron chi connectivity index (χ4n) is 2.08. The van der Waals surface area contributed by atoms with Gasteiger partial charge in [-0.3, -0.25) is 9.78 Å². The highest BCUT2D eigenvalue weighted by atomic mass is 16.3. The molecule has 2 aromatic heterocycles. The average molecular weight is 316 g/mol. The van der Waals surface area contributed by atoms with Gasteiger partial charge in [0.25, 0.3) is 5.91 Å². The molecule has 0 spiro atoms. The van der Waals surface area contributed by atoms with Gasteiger partial charge < -0.3 is 4.42 Å². The molecule has 0 saturated carbocycles. The largest absolute Gasteiger partial charge is 0.455 e. The normalized spacial score (nSPS) is 10.5. The van der Waals surface area contributed by atoms with Crippen LogP contribution in [0.4, 0.5) is 0 Å². The minimum Gasteiger partial charge on any atom is -0.455 e. The molecule has 0 aliphatic rings. The summed E-state index contributed by atoms with van der Waals surface area (Å²) >= 11 is 0. The van der Waals surface area contributed by atoms with E-state index in [2.05, 4.69) is 21.6 Å². The number of benzene rings is 1. The van der Waals surface area contributed by atoms with Crippen molar-refractivity contribution in [1.29, 1.82) is 5.26 Å². The van der Waals surface area contributed by atoms with Crippen molar-refractivity contribution in [2.45, 2.75) is 0 Å². The Hall–Kier alpha value is -3.72. The molecule has 6 nitrogen and oxygen atoms in total. The zero-order valence-electron chi connectivity index (χ0n) is 12.5. The molecular weight excluding hydrogens is 304 g/mol. The highest BCUT2D eigenvalue weighted by molar-refractivity contribution is 5.94. The first-order chi connectivity index (χ1) is 11.8. The summed E-state index contributed by atoms with van der Waals surface area (Å²) in [5.74, 6) is 0.692. The van der Waals surface area contributed by atoms with Crippen molar-refractivity contribution in [2.24, 2.45) is 5.10 Å². The maximum absolute atomic E-state index is 11.8. The van der Waals surface area contributed by atoms with Crippen LogP contribution in [0.1, 0.15) is 21.7 Å². The van der Waals surface area contributed by atoms with E-state index in [0.29, 0.717) is 28.2 Å². The zero-order chi connectivity index (χ0) is 16.8. The van der Waals surface area contributed by atoms with E-state index >= 15 is 0 Å². The summed E-state index contributed by atoms with van der Waals surface area (Å²) in [4.78, 5) is 15.7. The van der Waals surface area contributed by atoms with Crippen molar-refractivity contribution in [3.05, 3.63) is 77.8 Å². The number of nitrogens with zero attached hydrogens (tertiary/aromatic N) is 3. The number of hydrazone groups is 1. The second-order valence-corrected chi connectivity index (χ2v) is 4.79. The van der Waals surface area contributed by atoms with Crippen LogP contribution >= 0.6 is 0 Å². The standard InChI is InChI=1S/C18H12N4O2/c19-11-14-3-1-2-4-16(14)17-6-5-15(24-17)12-21-22-18(23)13-7-9-20-10-8-13/h1-10,12H,(H,22,23)/b21-12-. The van der Waals surface area contributed by atoms with E-state index in [9.17, 15) is 4.79 Å². The second-order valence-electron chi connectivity index (χ2n) is 4.79. The number of carbonyl (C=O) groups is 1. The molecule has 0 saturated heterocycles. The predicted octanol–water partition coefficient (Wildman–Crippen LogP) is 2.98. The lowest BCUT2D eigenvalue weighted by Gasteiger charge is -1.99. The van der Waals surface area contributed by atoms with Gasteiger partial charge in [0.15, 0.2) is 0 Å². The number of rotatable bonds is 4. The predicted molar refractivity (Wildman–Crippen MR) is 88.2 cm³/mol. The Balaban J connectivity index is 1.70. The smallest absolute Gasteiger partial charge is 0.271 e. The number of carbonyl (C=O) groups excluding carboxylic acids is 1. The summed E-state index contributed by atoms with van der Waals surface area (Å²) in [5.41, 5.74) is 4.11. The number of nitriles is 1. The molecule has 0 fully saturated rings. The molecule has 0 bridgehead atoms. The molecule has 1 amide bonds. The van der Waals surface area contributed by atoms with Crippen LogP contribution in [0, 0.1) is 11.3 Å². The van der Waals surface area contributed by atoms with Gasteiger partial charge in [0.1, 0.15) is 11.5 Å². The molecule has 1 aromatic carbocycles. The monoisotopic (exact) mass is 316 g/mol. The van der Waals surface area contributed by atoms with Gasteiger partial charge in [-0.1, -0.05) is 12.1 Å². The van der Waals surface area contributed by atoms with Crippen molar-refractivity contribution < 1.29 is 9.21 Å². The van der Waals surface area contributed by atoms with Crippen LogP contribution in [0.2, 0.25) is 0 Å². The first kappa shape index (κ1) is 15.2. The summed E-state index contributed by atoms with van der Waals surface area (Å²) in [6.07, 6.45) is 4.46. The summed E-state index contributed by atoms with van der Waals surface area (Å²) in [6, 6.07) is 15.9. The molecule has 3 rings (SSSR count). The lowest BCUT2D eigenvalue weighted by atomic mass is 10.1. The van der Waals surface area contributed by atoms with Gasteiger partial charge in [-0.25, -0.2) is 5.43 Å². The lowest BCUT2D eigenvalue weighted by molar-refractivity contribution is 0.0955. The zero-order valence-corrected chi connectivity index (χ0v) is 12.5. The van der Waals surface area contributed by atoms with E-state index < -0.39 is 0 Å². The molecule has 0 aliphatic heterocycles. The average Bonchev–Trinajstić information content (AvgIpc) is 3.11. The number of pyridine rings is 1. The third kappa shape index (κ3) is 3.36. The van der Waals surface area contributed by atoms with Crippen LogP contribution in [0.15, 0.2) is 70.4 Å². The Morgan fingerprint density at radius 2 is 1.96 bits per heavy atom. The second kappa shape index (κ2) is 7.03. The summed E-state index contributed by atoms with van der Waals surface area (Å²) in [5, 5.41) is 13.0. The molecule has 1 N–H and O–H groups in total. The number of nitrogens with one attached hydrogen (secondary N) is 1. The highest BCUT2D eigenvalue weighted by Crippen LogP contribution is 2.24. The SMILES string of the molecule is N#Cc1ccccc1-c1ccc(/C=N\NC(=O)c2ccncc2)o1. The van der Waals surface area contributed by atoms with E-state index in [-0.39, 0.29) is 5.91 Å². The third-order valence-electron chi connectivity index (χ3n) is 3.24. The van der Waals surface area contributed by atoms with E-state index in [1.54, 1.807) is 36.4 Å². The van der Waals surface area contributed by atoms with Crippen molar-refractivity contribution in [3.8, 4) is 17.4 Å². The minimum atomic E-state index is -0.338. The summed E-state index contributed by atoms with van der Waals surface area (Å²) < 4.78 is 5.64. The fourth-order valence-corrected chi connectivity index (χ4v) is 2.08. The molecule has 0 atom stereocenters. The van der Waals surface area contributed by atoms with Crippen LogP contribution in [0.3, 0.4) is 0 Å². The first-order valence-corrected chi connectivity index (χ1v) is 7.10. The summed E-state index contributed by atoms with van der Waals surface area (Å²) in [7, 11) is 0.